The van der Waals surface area contributed by atoms with Crippen molar-refractivity contribution in [1.29, 1.82) is 0 Å². The van der Waals surface area contributed by atoms with E-state index in [2.05, 4.69) is 13.8 Å². The van der Waals surface area contributed by atoms with E-state index in [1.54, 1.807) is 0 Å². The fourth-order valence-electron chi connectivity index (χ4n) is 1.02. The van der Waals surface area contributed by atoms with Crippen LogP contribution >= 0.6 is 0 Å². The first kappa shape index (κ1) is 6.66. The summed E-state index contributed by atoms with van der Waals surface area (Å²) in [7, 11) is 0. The van der Waals surface area contributed by atoms with Gasteiger partial charge >= 0.3 is 0 Å². The van der Waals surface area contributed by atoms with Gasteiger partial charge in [-0.1, -0.05) is 0 Å². The first-order valence-corrected chi connectivity index (χ1v) is 3.60. The number of allylic oxidation sites excluding steroid dienone is 2. The number of hydrogen-bond donors (Lipinski definition) is 0. The van der Waals surface area contributed by atoms with Crippen molar-refractivity contribution in [2.45, 2.75) is 33.1 Å². The molecule has 0 aliphatic carbocycles. The van der Waals surface area contributed by atoms with Crippen molar-refractivity contribution in [1.82, 2.24) is 0 Å². The maximum absolute atomic E-state index is 5.39. The standard InChI is InChI=1S/C8H14O/c1-7-5-3-4-6-9-8(7)2/h3-6H2,1-2H3. The van der Waals surface area contributed by atoms with Gasteiger partial charge in [-0.25, -0.2) is 0 Å². The summed E-state index contributed by atoms with van der Waals surface area (Å²) in [4.78, 5) is 0. The molecule has 1 aliphatic heterocycles. The summed E-state index contributed by atoms with van der Waals surface area (Å²) in [6.07, 6.45) is 3.74. The van der Waals surface area contributed by atoms with Crippen LogP contribution in [0.2, 0.25) is 0 Å². The molecule has 0 radical (unpaired) electrons. The fourth-order valence-corrected chi connectivity index (χ4v) is 1.02. The molecule has 0 spiro atoms. The van der Waals surface area contributed by atoms with Gasteiger partial charge in [0, 0.05) is 0 Å². The highest BCUT2D eigenvalue weighted by molar-refractivity contribution is 5.03. The molecule has 0 saturated heterocycles. The fraction of sp³-hybridized carbons (Fsp3) is 0.750. The molecule has 0 atom stereocenters. The lowest BCUT2D eigenvalue weighted by Gasteiger charge is -2.02. The van der Waals surface area contributed by atoms with E-state index in [4.69, 9.17) is 4.74 Å². The van der Waals surface area contributed by atoms with E-state index in [1.165, 1.54) is 24.8 Å². The van der Waals surface area contributed by atoms with Gasteiger partial charge in [0.25, 0.3) is 0 Å². The molecule has 0 N–H and O–H groups in total. The summed E-state index contributed by atoms with van der Waals surface area (Å²) in [5, 5.41) is 0. The highest BCUT2D eigenvalue weighted by Crippen LogP contribution is 2.16. The summed E-state index contributed by atoms with van der Waals surface area (Å²) in [5.41, 5.74) is 1.42. The lowest BCUT2D eigenvalue weighted by molar-refractivity contribution is 0.213. The molecule has 0 unspecified atom stereocenters. The third-order valence-corrected chi connectivity index (χ3v) is 1.87. The van der Waals surface area contributed by atoms with Crippen molar-refractivity contribution in [2.24, 2.45) is 0 Å². The SMILES string of the molecule is CC1=C(C)OCCCC1. The summed E-state index contributed by atoms with van der Waals surface area (Å²) < 4.78 is 5.39. The zero-order valence-electron chi connectivity index (χ0n) is 6.24. The predicted molar refractivity (Wildman–Crippen MR) is 38.2 cm³/mol. The molecule has 0 aromatic rings. The molecule has 1 rings (SSSR count). The maximum Gasteiger partial charge on any atom is 0.0918 e. The Bertz CT molecular complexity index is 111. The molecule has 0 aromatic heterocycles. The van der Waals surface area contributed by atoms with Crippen LogP contribution in [-0.4, -0.2) is 6.61 Å². The molecule has 0 bridgehead atoms. The third-order valence-electron chi connectivity index (χ3n) is 1.87. The Morgan fingerprint density at radius 2 is 2.00 bits per heavy atom. The van der Waals surface area contributed by atoms with Crippen molar-refractivity contribution >= 4 is 0 Å². The van der Waals surface area contributed by atoms with Gasteiger partial charge in [0.2, 0.25) is 0 Å². The molecular weight excluding hydrogens is 112 g/mol. The smallest absolute Gasteiger partial charge is 0.0918 e. The minimum absolute atomic E-state index is 0.920. The Morgan fingerprint density at radius 3 is 2.78 bits per heavy atom. The second-order valence-corrected chi connectivity index (χ2v) is 2.64. The van der Waals surface area contributed by atoms with E-state index in [9.17, 15) is 0 Å². The van der Waals surface area contributed by atoms with Crippen LogP contribution in [0, 0.1) is 0 Å². The number of ether oxygens (including phenoxy) is 1. The zero-order chi connectivity index (χ0) is 6.69. The number of hydrogen-bond acceptors (Lipinski definition) is 1. The molecule has 1 heterocycles. The van der Waals surface area contributed by atoms with Gasteiger partial charge in [-0.2, -0.15) is 0 Å². The second-order valence-electron chi connectivity index (χ2n) is 2.64. The van der Waals surface area contributed by atoms with Crippen LogP contribution in [0.15, 0.2) is 11.3 Å². The quantitative estimate of drug-likeness (QED) is 0.484. The van der Waals surface area contributed by atoms with Crippen LogP contribution in [0.3, 0.4) is 0 Å². The zero-order valence-corrected chi connectivity index (χ0v) is 6.24. The van der Waals surface area contributed by atoms with E-state index >= 15 is 0 Å². The summed E-state index contributed by atoms with van der Waals surface area (Å²) in [6.45, 7) is 5.13. The molecule has 1 heteroatoms. The predicted octanol–water partition coefficient (Wildman–Crippen LogP) is 2.48. The summed E-state index contributed by atoms with van der Waals surface area (Å²) >= 11 is 0. The first-order valence-electron chi connectivity index (χ1n) is 3.60. The second kappa shape index (κ2) is 2.90. The van der Waals surface area contributed by atoms with Gasteiger partial charge in [0.05, 0.1) is 12.4 Å². The average molecular weight is 126 g/mol. The Hall–Kier alpha value is -0.460. The molecule has 0 aromatic carbocycles. The molecule has 0 fully saturated rings. The largest absolute Gasteiger partial charge is 0.498 e. The molecule has 52 valence electrons. The first-order chi connectivity index (χ1) is 4.30. The minimum Gasteiger partial charge on any atom is -0.498 e. The van der Waals surface area contributed by atoms with E-state index in [0.29, 0.717) is 0 Å². The van der Waals surface area contributed by atoms with E-state index in [0.717, 1.165) is 12.4 Å². The molecule has 1 nitrogen and oxygen atoms in total. The lowest BCUT2D eigenvalue weighted by atomic mass is 10.1. The van der Waals surface area contributed by atoms with E-state index < -0.39 is 0 Å². The van der Waals surface area contributed by atoms with Crippen LogP contribution < -0.4 is 0 Å². The lowest BCUT2D eigenvalue weighted by Crippen LogP contribution is -1.88. The summed E-state index contributed by atoms with van der Waals surface area (Å²) in [5.74, 6) is 1.15. The van der Waals surface area contributed by atoms with Gasteiger partial charge in [-0.3, -0.25) is 0 Å². The van der Waals surface area contributed by atoms with Crippen LogP contribution in [0.1, 0.15) is 33.1 Å². The maximum atomic E-state index is 5.39. The van der Waals surface area contributed by atoms with Crippen LogP contribution in [0.5, 0.6) is 0 Å². The van der Waals surface area contributed by atoms with Gasteiger partial charge in [-0.05, 0) is 38.7 Å². The average Bonchev–Trinajstić information content (AvgIpc) is 1.99. The van der Waals surface area contributed by atoms with Crippen molar-refractivity contribution in [2.75, 3.05) is 6.61 Å². The van der Waals surface area contributed by atoms with Gasteiger partial charge in [-0.15, -0.1) is 0 Å². The van der Waals surface area contributed by atoms with Crippen molar-refractivity contribution in [3.8, 4) is 0 Å². The third kappa shape index (κ3) is 1.74. The van der Waals surface area contributed by atoms with Gasteiger partial charge in [0.15, 0.2) is 0 Å². The monoisotopic (exact) mass is 126 g/mol. The number of rotatable bonds is 0. The Morgan fingerprint density at radius 1 is 1.22 bits per heavy atom. The topological polar surface area (TPSA) is 9.23 Å². The highest BCUT2D eigenvalue weighted by atomic mass is 16.5. The molecule has 0 saturated carbocycles. The molecular formula is C8H14O. The van der Waals surface area contributed by atoms with Gasteiger partial charge < -0.3 is 4.74 Å². The van der Waals surface area contributed by atoms with Crippen molar-refractivity contribution < 1.29 is 4.74 Å². The van der Waals surface area contributed by atoms with E-state index in [-0.39, 0.29) is 0 Å². The van der Waals surface area contributed by atoms with Crippen LogP contribution in [0.25, 0.3) is 0 Å². The van der Waals surface area contributed by atoms with E-state index in [1.807, 2.05) is 0 Å². The highest BCUT2D eigenvalue weighted by Gasteiger charge is 2.02. The van der Waals surface area contributed by atoms with Crippen LogP contribution in [-0.2, 0) is 4.74 Å². The summed E-state index contributed by atoms with van der Waals surface area (Å²) in [6, 6.07) is 0. The van der Waals surface area contributed by atoms with Gasteiger partial charge in [0.1, 0.15) is 0 Å². The Balaban J connectivity index is 2.55. The normalized spacial score (nSPS) is 21.1. The minimum atomic E-state index is 0.920. The Labute approximate surface area is 56.7 Å². The Kier molecular flexibility index (Phi) is 2.15. The van der Waals surface area contributed by atoms with Crippen molar-refractivity contribution in [3.63, 3.8) is 0 Å². The van der Waals surface area contributed by atoms with Crippen molar-refractivity contribution in [3.05, 3.63) is 11.3 Å². The molecule has 9 heavy (non-hydrogen) atoms. The van der Waals surface area contributed by atoms with Crippen LogP contribution in [0.4, 0.5) is 0 Å². The molecule has 0 amide bonds. The molecule has 1 aliphatic rings.